The van der Waals surface area contributed by atoms with Crippen LogP contribution in [0.15, 0.2) is 18.2 Å². The van der Waals surface area contributed by atoms with Crippen LogP contribution in [-0.2, 0) is 0 Å². The average molecular weight is 274 g/mol. The second kappa shape index (κ2) is 6.59. The van der Waals surface area contributed by atoms with Gasteiger partial charge in [0.15, 0.2) is 0 Å². The Morgan fingerprint density at radius 2 is 2.17 bits per heavy atom. The molecule has 18 heavy (non-hydrogen) atoms. The van der Waals surface area contributed by atoms with E-state index < -0.39 is 11.7 Å². The number of aromatic hydroxyl groups is 1. The van der Waals surface area contributed by atoms with Crippen molar-refractivity contribution < 1.29 is 14.3 Å². The van der Waals surface area contributed by atoms with E-state index in [2.05, 4.69) is 5.32 Å². The normalized spacial score (nSPS) is 12.5. The number of hydrogen-bond donors (Lipinski definition) is 2. The van der Waals surface area contributed by atoms with Crippen LogP contribution in [0.3, 0.4) is 0 Å². The predicted molar refractivity (Wildman–Crippen MR) is 69.5 cm³/mol. The highest BCUT2D eigenvalue weighted by molar-refractivity contribution is 6.20. The van der Waals surface area contributed by atoms with Crippen molar-refractivity contribution >= 4 is 17.5 Å². The molecular weight excluding hydrogens is 257 g/mol. The van der Waals surface area contributed by atoms with Gasteiger partial charge < -0.3 is 10.4 Å². The first-order valence-corrected chi connectivity index (χ1v) is 6.24. The average Bonchev–Trinajstić information content (AvgIpc) is 2.25. The van der Waals surface area contributed by atoms with Gasteiger partial charge in [0.1, 0.15) is 11.6 Å². The molecule has 0 aliphatic carbocycles. The highest BCUT2D eigenvalue weighted by atomic mass is 35.5. The Hall–Kier alpha value is -1.29. The minimum atomic E-state index is -0.748. The smallest absolute Gasteiger partial charge is 0.254 e. The number of rotatable bonds is 5. The lowest BCUT2D eigenvalue weighted by molar-refractivity contribution is 0.0949. The van der Waals surface area contributed by atoms with Crippen molar-refractivity contribution in [2.24, 2.45) is 5.92 Å². The van der Waals surface area contributed by atoms with Gasteiger partial charge in [0.05, 0.1) is 10.9 Å². The Labute approximate surface area is 111 Å². The van der Waals surface area contributed by atoms with Gasteiger partial charge in [-0.05, 0) is 24.5 Å². The first-order valence-electron chi connectivity index (χ1n) is 5.81. The number of benzene rings is 1. The van der Waals surface area contributed by atoms with E-state index in [9.17, 15) is 9.18 Å². The standard InChI is InChI=1S/C13H17ClFNO2/c1-8(2)5-9(14)7-16-13(18)11-4-3-10(17)6-12(11)15/h3-4,6,8-9,17H,5,7H2,1-2H3,(H,16,18). The molecule has 0 spiro atoms. The van der Waals surface area contributed by atoms with Gasteiger partial charge in [0.25, 0.3) is 5.91 Å². The number of phenols is 1. The molecule has 0 saturated carbocycles. The van der Waals surface area contributed by atoms with Crippen LogP contribution in [0.5, 0.6) is 5.75 Å². The molecule has 100 valence electrons. The second-order valence-corrected chi connectivity index (χ2v) is 5.22. The van der Waals surface area contributed by atoms with Crippen LogP contribution in [-0.4, -0.2) is 22.9 Å². The van der Waals surface area contributed by atoms with Crippen LogP contribution in [0.1, 0.15) is 30.6 Å². The Bertz CT molecular complexity index is 423. The lowest BCUT2D eigenvalue weighted by Crippen LogP contribution is -2.30. The Morgan fingerprint density at radius 1 is 1.50 bits per heavy atom. The summed E-state index contributed by atoms with van der Waals surface area (Å²) in [5.41, 5.74) is -0.0961. The maximum absolute atomic E-state index is 13.4. The summed E-state index contributed by atoms with van der Waals surface area (Å²) >= 11 is 6.02. The van der Waals surface area contributed by atoms with E-state index in [-0.39, 0.29) is 16.7 Å². The molecule has 1 aromatic carbocycles. The van der Waals surface area contributed by atoms with Crippen LogP contribution in [0.4, 0.5) is 4.39 Å². The summed E-state index contributed by atoms with van der Waals surface area (Å²) < 4.78 is 13.4. The van der Waals surface area contributed by atoms with Gasteiger partial charge in [-0.1, -0.05) is 13.8 Å². The van der Waals surface area contributed by atoms with Crippen LogP contribution in [0.2, 0.25) is 0 Å². The topological polar surface area (TPSA) is 49.3 Å². The molecular formula is C13H17ClFNO2. The van der Waals surface area contributed by atoms with Crippen LogP contribution in [0.25, 0.3) is 0 Å². The van der Waals surface area contributed by atoms with E-state index in [1.165, 1.54) is 12.1 Å². The molecule has 5 heteroatoms. The molecule has 0 bridgehead atoms. The highest BCUT2D eigenvalue weighted by Crippen LogP contribution is 2.15. The monoisotopic (exact) mass is 273 g/mol. The van der Waals surface area contributed by atoms with E-state index in [1.54, 1.807) is 0 Å². The Balaban J connectivity index is 2.55. The van der Waals surface area contributed by atoms with Crippen molar-refractivity contribution in [1.82, 2.24) is 5.32 Å². The van der Waals surface area contributed by atoms with E-state index in [0.29, 0.717) is 12.5 Å². The number of phenolic OH excluding ortho intramolecular Hbond substituents is 1. The fraction of sp³-hybridized carbons (Fsp3) is 0.462. The van der Waals surface area contributed by atoms with Crippen molar-refractivity contribution in [3.8, 4) is 5.75 Å². The van der Waals surface area contributed by atoms with Gasteiger partial charge in [-0.25, -0.2) is 4.39 Å². The van der Waals surface area contributed by atoms with E-state index >= 15 is 0 Å². The number of amides is 1. The van der Waals surface area contributed by atoms with Crippen molar-refractivity contribution in [3.05, 3.63) is 29.6 Å². The van der Waals surface area contributed by atoms with Gasteiger partial charge in [0.2, 0.25) is 0 Å². The predicted octanol–water partition coefficient (Wildman–Crippen LogP) is 2.91. The molecule has 1 amide bonds. The molecule has 1 rings (SSSR count). The third kappa shape index (κ3) is 4.53. The maximum Gasteiger partial charge on any atom is 0.254 e. The maximum atomic E-state index is 13.4. The summed E-state index contributed by atoms with van der Waals surface area (Å²) in [7, 11) is 0. The SMILES string of the molecule is CC(C)CC(Cl)CNC(=O)c1ccc(O)cc1F. The summed E-state index contributed by atoms with van der Waals surface area (Å²) in [6, 6.07) is 3.41. The number of alkyl halides is 1. The largest absolute Gasteiger partial charge is 0.508 e. The molecule has 2 N–H and O–H groups in total. The molecule has 1 atom stereocenters. The minimum Gasteiger partial charge on any atom is -0.508 e. The van der Waals surface area contributed by atoms with Gasteiger partial charge in [-0.2, -0.15) is 0 Å². The molecule has 0 heterocycles. The summed E-state index contributed by atoms with van der Waals surface area (Å²) in [5.74, 6) is -1.04. The molecule has 3 nitrogen and oxygen atoms in total. The van der Waals surface area contributed by atoms with Gasteiger partial charge in [-0.15, -0.1) is 11.6 Å². The first kappa shape index (κ1) is 14.8. The minimum absolute atomic E-state index is 0.0961. The van der Waals surface area contributed by atoms with Gasteiger partial charge >= 0.3 is 0 Å². The van der Waals surface area contributed by atoms with Crippen molar-refractivity contribution in [3.63, 3.8) is 0 Å². The summed E-state index contributed by atoms with van der Waals surface area (Å²) in [6.07, 6.45) is 0.778. The molecule has 1 unspecified atom stereocenters. The second-order valence-electron chi connectivity index (χ2n) is 4.60. The molecule has 1 aromatic rings. The summed E-state index contributed by atoms with van der Waals surface area (Å²) in [4.78, 5) is 11.7. The van der Waals surface area contributed by atoms with Crippen molar-refractivity contribution in [1.29, 1.82) is 0 Å². The van der Waals surface area contributed by atoms with Crippen molar-refractivity contribution in [2.75, 3.05) is 6.54 Å². The molecule has 0 aromatic heterocycles. The number of nitrogens with one attached hydrogen (secondary N) is 1. The molecule has 0 saturated heterocycles. The van der Waals surface area contributed by atoms with Gasteiger partial charge in [0, 0.05) is 12.6 Å². The number of halogens is 2. The zero-order chi connectivity index (χ0) is 13.7. The van der Waals surface area contributed by atoms with Crippen LogP contribution in [0, 0.1) is 11.7 Å². The Kier molecular flexibility index (Phi) is 5.41. The fourth-order valence-corrected chi connectivity index (χ4v) is 2.02. The van der Waals surface area contributed by atoms with E-state index in [0.717, 1.165) is 12.5 Å². The van der Waals surface area contributed by atoms with Crippen molar-refractivity contribution in [2.45, 2.75) is 25.6 Å². The molecule has 0 fully saturated rings. The van der Waals surface area contributed by atoms with E-state index in [4.69, 9.17) is 16.7 Å². The number of hydrogen-bond acceptors (Lipinski definition) is 2. The zero-order valence-electron chi connectivity index (χ0n) is 10.4. The number of carbonyl (C=O) groups is 1. The van der Waals surface area contributed by atoms with E-state index in [1.807, 2.05) is 13.8 Å². The highest BCUT2D eigenvalue weighted by Gasteiger charge is 2.14. The molecule has 0 aliphatic heterocycles. The Morgan fingerprint density at radius 3 is 2.72 bits per heavy atom. The molecule has 0 radical (unpaired) electrons. The third-order valence-corrected chi connectivity index (χ3v) is 2.74. The first-order chi connectivity index (χ1) is 8.40. The summed E-state index contributed by atoms with van der Waals surface area (Å²) in [6.45, 7) is 4.37. The lowest BCUT2D eigenvalue weighted by Gasteiger charge is -2.13. The fourth-order valence-electron chi connectivity index (χ4n) is 1.58. The van der Waals surface area contributed by atoms with Crippen LogP contribution >= 0.6 is 11.6 Å². The number of carbonyl (C=O) groups excluding carboxylic acids is 1. The summed E-state index contributed by atoms with van der Waals surface area (Å²) in [5, 5.41) is 11.4. The quantitative estimate of drug-likeness (QED) is 0.811. The zero-order valence-corrected chi connectivity index (χ0v) is 11.2. The van der Waals surface area contributed by atoms with Gasteiger partial charge in [-0.3, -0.25) is 4.79 Å². The molecule has 0 aliphatic rings. The lowest BCUT2D eigenvalue weighted by atomic mass is 10.1. The van der Waals surface area contributed by atoms with Crippen LogP contribution < -0.4 is 5.32 Å². The third-order valence-electron chi connectivity index (χ3n) is 2.41.